The molecule has 0 radical (unpaired) electrons. The van der Waals surface area contributed by atoms with Crippen molar-refractivity contribution < 1.29 is 5.11 Å². The van der Waals surface area contributed by atoms with Gasteiger partial charge < -0.3 is 5.11 Å². The van der Waals surface area contributed by atoms with Gasteiger partial charge in [-0.25, -0.2) is 0 Å². The quantitative estimate of drug-likeness (QED) is 0.727. The van der Waals surface area contributed by atoms with Crippen molar-refractivity contribution >= 4 is 69.6 Å². The van der Waals surface area contributed by atoms with Gasteiger partial charge in [-0.2, -0.15) is 0 Å². The zero-order valence-corrected chi connectivity index (χ0v) is 9.33. The van der Waals surface area contributed by atoms with Gasteiger partial charge in [0.05, 0.1) is 5.03 Å². The first-order valence-electron chi connectivity index (χ1n) is 2.22. The molecule has 1 atom stereocenters. The molecule has 0 aliphatic heterocycles. The predicted octanol–water partition coefficient (Wildman–Crippen LogP) is 3.60. The summed E-state index contributed by atoms with van der Waals surface area (Å²) in [4.78, 5) is 0. The van der Waals surface area contributed by atoms with Crippen LogP contribution in [0.3, 0.4) is 0 Å². The van der Waals surface area contributed by atoms with Crippen molar-refractivity contribution in [1.29, 1.82) is 0 Å². The third-order valence-electron chi connectivity index (χ3n) is 0.731. The third-order valence-corrected chi connectivity index (χ3v) is 2.35. The molecule has 0 aromatic rings. The van der Waals surface area contributed by atoms with Gasteiger partial charge in [-0.05, 0) is 0 Å². The maximum atomic E-state index is 9.07. The van der Waals surface area contributed by atoms with Crippen LogP contribution in [0.2, 0.25) is 0 Å². The summed E-state index contributed by atoms with van der Waals surface area (Å²) in [6.45, 7) is 0. The maximum Gasteiger partial charge on any atom is 0.221 e. The molecule has 0 aromatic heterocycles. The van der Waals surface area contributed by atoms with Crippen LogP contribution < -0.4 is 0 Å². The van der Waals surface area contributed by atoms with Crippen LogP contribution in [0.5, 0.6) is 0 Å². The fourth-order valence-electron chi connectivity index (χ4n) is 0.247. The molecule has 1 nitrogen and oxygen atoms in total. The van der Waals surface area contributed by atoms with E-state index in [2.05, 4.69) is 0 Å². The van der Waals surface area contributed by atoms with Crippen molar-refractivity contribution in [2.75, 3.05) is 0 Å². The summed E-state index contributed by atoms with van der Waals surface area (Å²) in [5, 5.41) is 8.77. The SMILES string of the molecule is O[C@@H](C(Cl)=C(Cl)Cl)C(Cl)(Cl)Cl. The van der Waals surface area contributed by atoms with Crippen LogP contribution in [-0.4, -0.2) is 15.0 Å². The van der Waals surface area contributed by atoms with Gasteiger partial charge in [0.15, 0.2) is 0 Å². The number of hydrogen-bond acceptors (Lipinski definition) is 1. The Kier molecular flexibility index (Phi) is 5.22. The van der Waals surface area contributed by atoms with E-state index in [0.717, 1.165) is 0 Å². The van der Waals surface area contributed by atoms with Gasteiger partial charge in [0.25, 0.3) is 0 Å². The van der Waals surface area contributed by atoms with Crippen LogP contribution in [0.15, 0.2) is 9.52 Å². The van der Waals surface area contributed by atoms with Gasteiger partial charge >= 0.3 is 0 Å². The molecule has 0 unspecified atom stereocenters. The lowest BCUT2D eigenvalue weighted by Crippen LogP contribution is -2.25. The maximum absolute atomic E-state index is 9.07. The molecule has 0 aliphatic carbocycles. The van der Waals surface area contributed by atoms with Crippen LogP contribution in [0.4, 0.5) is 0 Å². The van der Waals surface area contributed by atoms with Crippen molar-refractivity contribution in [2.45, 2.75) is 9.90 Å². The molecular weight excluding hydrogens is 277 g/mol. The Morgan fingerprint density at radius 2 is 1.45 bits per heavy atom. The van der Waals surface area contributed by atoms with E-state index < -0.39 is 9.90 Å². The van der Waals surface area contributed by atoms with Gasteiger partial charge in [-0.3, -0.25) is 0 Å². The average Bonchev–Trinajstić information content (AvgIpc) is 1.82. The number of alkyl halides is 3. The fourth-order valence-corrected chi connectivity index (χ4v) is 1.11. The number of rotatable bonds is 1. The van der Waals surface area contributed by atoms with Gasteiger partial charge in [0.2, 0.25) is 3.79 Å². The standard InChI is InChI=1S/C4H2Cl6O/c5-1(3(6)7)2(11)4(8,9)10/h2,11H/t2-/m0/s1. The van der Waals surface area contributed by atoms with Crippen LogP contribution >= 0.6 is 69.6 Å². The summed E-state index contributed by atoms with van der Waals surface area (Å²) in [7, 11) is 0. The number of halogens is 6. The molecule has 0 amide bonds. The van der Waals surface area contributed by atoms with Crippen molar-refractivity contribution in [3.05, 3.63) is 9.52 Å². The lowest BCUT2D eigenvalue weighted by Gasteiger charge is -2.17. The molecule has 0 bridgehead atoms. The van der Waals surface area contributed by atoms with Gasteiger partial charge in [-0.1, -0.05) is 69.6 Å². The van der Waals surface area contributed by atoms with E-state index in [1.807, 2.05) is 0 Å². The lowest BCUT2D eigenvalue weighted by atomic mass is 10.4. The Balaban J connectivity index is 4.52. The first kappa shape index (κ1) is 12.4. The first-order chi connectivity index (χ1) is 4.76. The Bertz CT molecular complexity index is 166. The van der Waals surface area contributed by atoms with Crippen molar-refractivity contribution in [3.63, 3.8) is 0 Å². The normalized spacial score (nSPS) is 14.5. The van der Waals surface area contributed by atoms with E-state index in [1.54, 1.807) is 0 Å². The van der Waals surface area contributed by atoms with E-state index in [4.69, 9.17) is 74.7 Å². The van der Waals surface area contributed by atoms with Crippen LogP contribution in [-0.2, 0) is 0 Å². The Morgan fingerprint density at radius 3 is 1.55 bits per heavy atom. The summed E-state index contributed by atoms with van der Waals surface area (Å²) in [5.41, 5.74) is 0. The summed E-state index contributed by atoms with van der Waals surface area (Å²) < 4.78 is -2.25. The number of hydrogen-bond donors (Lipinski definition) is 1. The molecule has 0 aliphatic rings. The van der Waals surface area contributed by atoms with Crippen LogP contribution in [0.25, 0.3) is 0 Å². The van der Waals surface area contributed by atoms with E-state index in [1.165, 1.54) is 0 Å². The summed E-state index contributed by atoms with van der Waals surface area (Å²) >= 11 is 31.6. The van der Waals surface area contributed by atoms with Crippen molar-refractivity contribution in [2.24, 2.45) is 0 Å². The zero-order valence-electron chi connectivity index (χ0n) is 4.79. The molecule has 0 fully saturated rings. The van der Waals surface area contributed by atoms with Crippen LogP contribution in [0.1, 0.15) is 0 Å². The predicted molar refractivity (Wildman–Crippen MR) is 50.9 cm³/mol. The highest BCUT2D eigenvalue weighted by Crippen LogP contribution is 2.37. The Hall–Kier alpha value is 1.44. The lowest BCUT2D eigenvalue weighted by molar-refractivity contribution is 0.223. The molecule has 0 spiro atoms. The average molecular weight is 279 g/mol. The fraction of sp³-hybridized carbons (Fsp3) is 0.500. The van der Waals surface area contributed by atoms with E-state index >= 15 is 0 Å². The molecule has 11 heavy (non-hydrogen) atoms. The highest BCUT2D eigenvalue weighted by atomic mass is 35.6. The molecule has 66 valence electrons. The smallest absolute Gasteiger partial charge is 0.221 e. The molecule has 0 saturated carbocycles. The minimum Gasteiger partial charge on any atom is -0.383 e. The molecule has 0 saturated heterocycles. The summed E-state index contributed by atoms with van der Waals surface area (Å²) in [5.74, 6) is 0. The van der Waals surface area contributed by atoms with Crippen molar-refractivity contribution in [3.8, 4) is 0 Å². The molecular formula is C4H2Cl6O. The Labute approximate surface area is 93.8 Å². The van der Waals surface area contributed by atoms with Gasteiger partial charge in [0.1, 0.15) is 10.6 Å². The number of aliphatic hydroxyl groups excluding tert-OH is 1. The molecule has 7 heteroatoms. The monoisotopic (exact) mass is 276 g/mol. The second kappa shape index (κ2) is 4.61. The van der Waals surface area contributed by atoms with Gasteiger partial charge in [-0.15, -0.1) is 0 Å². The summed E-state index contributed by atoms with van der Waals surface area (Å²) in [6.07, 6.45) is -1.51. The van der Waals surface area contributed by atoms with E-state index in [-0.39, 0.29) is 9.52 Å². The topological polar surface area (TPSA) is 20.2 Å². The first-order valence-corrected chi connectivity index (χ1v) is 4.49. The molecule has 0 aromatic carbocycles. The molecule has 0 heterocycles. The minimum atomic E-state index is -1.92. The number of aliphatic hydroxyl groups is 1. The zero-order chi connectivity index (χ0) is 9.23. The highest BCUT2D eigenvalue weighted by Gasteiger charge is 2.34. The van der Waals surface area contributed by atoms with Crippen molar-refractivity contribution in [1.82, 2.24) is 0 Å². The van der Waals surface area contributed by atoms with Crippen LogP contribution in [0, 0.1) is 0 Å². The van der Waals surface area contributed by atoms with E-state index in [0.29, 0.717) is 0 Å². The largest absolute Gasteiger partial charge is 0.383 e. The second-order valence-electron chi connectivity index (χ2n) is 1.55. The van der Waals surface area contributed by atoms with E-state index in [9.17, 15) is 0 Å². The summed E-state index contributed by atoms with van der Waals surface area (Å²) in [6, 6.07) is 0. The minimum absolute atomic E-state index is 0.298. The second-order valence-corrected chi connectivity index (χ2v) is 5.28. The molecule has 1 N–H and O–H groups in total. The Morgan fingerprint density at radius 1 is 1.09 bits per heavy atom. The molecule has 0 rings (SSSR count). The van der Waals surface area contributed by atoms with Gasteiger partial charge in [0, 0.05) is 0 Å². The third kappa shape index (κ3) is 4.28. The highest BCUT2D eigenvalue weighted by molar-refractivity contribution is 6.69.